The minimum Gasteiger partial charge on any atom is -0.329 e. The number of nitrogens with two attached hydrogens (primary N) is 1. The van der Waals surface area contributed by atoms with E-state index in [2.05, 4.69) is 4.72 Å². The van der Waals surface area contributed by atoms with Gasteiger partial charge >= 0.3 is 0 Å². The van der Waals surface area contributed by atoms with Crippen molar-refractivity contribution in [1.29, 1.82) is 0 Å². The zero-order valence-electron chi connectivity index (χ0n) is 10.3. The van der Waals surface area contributed by atoms with E-state index >= 15 is 0 Å². The van der Waals surface area contributed by atoms with E-state index in [0.29, 0.717) is 18.9 Å². The summed E-state index contributed by atoms with van der Waals surface area (Å²) < 4.78 is 53.2. The minimum absolute atomic E-state index is 0.162. The van der Waals surface area contributed by atoms with Crippen LogP contribution in [0.1, 0.15) is 25.7 Å². The molecule has 2 rings (SSSR count). The van der Waals surface area contributed by atoms with E-state index in [4.69, 9.17) is 5.73 Å². The summed E-state index contributed by atoms with van der Waals surface area (Å²) in [5.41, 5.74) is 4.93. The molecule has 0 spiro atoms. The van der Waals surface area contributed by atoms with Gasteiger partial charge < -0.3 is 5.73 Å². The molecule has 1 aromatic carbocycles. The van der Waals surface area contributed by atoms with Gasteiger partial charge in [-0.15, -0.1) is 0 Å². The Morgan fingerprint density at radius 2 is 1.89 bits per heavy atom. The highest BCUT2D eigenvalue weighted by Gasteiger charge is 2.37. The third kappa shape index (κ3) is 2.93. The smallest absolute Gasteiger partial charge is 0.244 e. The van der Waals surface area contributed by atoms with E-state index in [-0.39, 0.29) is 6.54 Å². The van der Waals surface area contributed by atoms with Crippen molar-refractivity contribution in [3.8, 4) is 0 Å². The van der Waals surface area contributed by atoms with Gasteiger partial charge in [-0.05, 0) is 25.0 Å². The maximum absolute atomic E-state index is 13.6. The van der Waals surface area contributed by atoms with E-state index in [1.54, 1.807) is 0 Å². The number of sulfonamides is 1. The highest BCUT2D eigenvalue weighted by molar-refractivity contribution is 7.89. The van der Waals surface area contributed by atoms with E-state index in [1.165, 1.54) is 0 Å². The second kappa shape index (κ2) is 5.15. The fourth-order valence-corrected chi connectivity index (χ4v) is 3.96. The van der Waals surface area contributed by atoms with E-state index in [9.17, 15) is 17.2 Å². The molecule has 1 fully saturated rings. The van der Waals surface area contributed by atoms with Gasteiger partial charge in [-0.2, -0.15) is 0 Å². The van der Waals surface area contributed by atoms with Crippen LogP contribution in [0.5, 0.6) is 0 Å². The van der Waals surface area contributed by atoms with Crippen LogP contribution in [-0.4, -0.2) is 20.5 Å². The lowest BCUT2D eigenvalue weighted by Gasteiger charge is -2.28. The predicted molar refractivity (Wildman–Crippen MR) is 66.9 cm³/mol. The molecule has 0 atom stereocenters. The van der Waals surface area contributed by atoms with Crippen molar-refractivity contribution in [3.05, 3.63) is 29.8 Å². The van der Waals surface area contributed by atoms with Crippen molar-refractivity contribution in [1.82, 2.24) is 4.72 Å². The lowest BCUT2D eigenvalue weighted by molar-refractivity contribution is 0.398. The van der Waals surface area contributed by atoms with Crippen molar-refractivity contribution >= 4 is 10.0 Å². The summed E-state index contributed by atoms with van der Waals surface area (Å²) in [6.07, 6.45) is 3.02. The van der Waals surface area contributed by atoms with Crippen molar-refractivity contribution in [2.45, 2.75) is 36.1 Å². The first-order valence-electron chi connectivity index (χ1n) is 6.08. The molecule has 1 aliphatic rings. The molecule has 0 unspecified atom stereocenters. The third-order valence-corrected chi connectivity index (χ3v) is 5.10. The molecule has 0 saturated heterocycles. The van der Waals surface area contributed by atoms with Crippen LogP contribution in [0.3, 0.4) is 0 Å². The van der Waals surface area contributed by atoms with Crippen molar-refractivity contribution in [2.24, 2.45) is 5.73 Å². The van der Waals surface area contributed by atoms with Crippen LogP contribution in [0, 0.1) is 11.6 Å². The van der Waals surface area contributed by atoms with Gasteiger partial charge in [-0.25, -0.2) is 21.9 Å². The Bertz CT molecular complexity index is 569. The number of hydrogen-bond acceptors (Lipinski definition) is 3. The number of halogens is 2. The Morgan fingerprint density at radius 1 is 1.26 bits per heavy atom. The first-order chi connectivity index (χ1) is 8.88. The summed E-state index contributed by atoms with van der Waals surface area (Å²) in [7, 11) is -4.03. The van der Waals surface area contributed by atoms with Crippen LogP contribution in [0.25, 0.3) is 0 Å². The Kier molecular flexibility index (Phi) is 3.89. The summed E-state index contributed by atoms with van der Waals surface area (Å²) in [4.78, 5) is -0.548. The molecule has 0 bridgehead atoms. The number of rotatable bonds is 4. The molecule has 7 heteroatoms. The Labute approximate surface area is 111 Å². The molecule has 19 heavy (non-hydrogen) atoms. The Hall–Kier alpha value is -1.05. The van der Waals surface area contributed by atoms with Crippen LogP contribution in [0.4, 0.5) is 8.78 Å². The van der Waals surface area contributed by atoms with E-state index in [1.807, 2.05) is 0 Å². The minimum atomic E-state index is -4.03. The molecule has 0 radical (unpaired) electrons. The van der Waals surface area contributed by atoms with Gasteiger partial charge in [-0.1, -0.05) is 12.8 Å². The fraction of sp³-hybridized carbons (Fsp3) is 0.500. The molecular formula is C12H16F2N2O2S. The summed E-state index contributed by atoms with van der Waals surface area (Å²) in [6.45, 7) is 0.162. The highest BCUT2D eigenvalue weighted by Crippen LogP contribution is 2.30. The van der Waals surface area contributed by atoms with Gasteiger partial charge in [0.25, 0.3) is 0 Å². The molecule has 1 aromatic rings. The quantitative estimate of drug-likeness (QED) is 0.883. The SMILES string of the molecule is NCC1(NS(=O)(=O)c2ccc(F)cc2F)CCCC1. The number of benzene rings is 1. The zero-order chi connectivity index (χ0) is 14.1. The van der Waals surface area contributed by atoms with Gasteiger partial charge in [0.1, 0.15) is 16.5 Å². The first kappa shape index (κ1) is 14.4. The summed E-state index contributed by atoms with van der Waals surface area (Å²) in [5.74, 6) is -1.91. The summed E-state index contributed by atoms with van der Waals surface area (Å²) in [5, 5.41) is 0. The molecule has 3 N–H and O–H groups in total. The first-order valence-corrected chi connectivity index (χ1v) is 7.56. The molecule has 0 heterocycles. The largest absolute Gasteiger partial charge is 0.329 e. The van der Waals surface area contributed by atoms with Crippen LogP contribution in [0.2, 0.25) is 0 Å². The highest BCUT2D eigenvalue weighted by atomic mass is 32.2. The Morgan fingerprint density at radius 3 is 2.42 bits per heavy atom. The van der Waals surface area contributed by atoms with Gasteiger partial charge in [0, 0.05) is 18.2 Å². The predicted octanol–water partition coefficient (Wildman–Crippen LogP) is 1.51. The lowest BCUT2D eigenvalue weighted by Crippen LogP contribution is -2.51. The summed E-state index contributed by atoms with van der Waals surface area (Å²) >= 11 is 0. The molecular weight excluding hydrogens is 274 g/mol. The van der Waals surface area contributed by atoms with Crippen LogP contribution in [-0.2, 0) is 10.0 Å². The Balaban J connectivity index is 2.32. The van der Waals surface area contributed by atoms with Crippen molar-refractivity contribution in [3.63, 3.8) is 0 Å². The molecule has 1 aliphatic carbocycles. The molecule has 0 aromatic heterocycles. The van der Waals surface area contributed by atoms with Gasteiger partial charge in [0.05, 0.1) is 0 Å². The second-order valence-corrected chi connectivity index (χ2v) is 6.52. The fourth-order valence-electron chi connectivity index (χ4n) is 2.43. The van der Waals surface area contributed by atoms with Crippen molar-refractivity contribution in [2.75, 3.05) is 6.54 Å². The number of hydrogen-bond donors (Lipinski definition) is 2. The number of nitrogens with one attached hydrogen (secondary N) is 1. The maximum Gasteiger partial charge on any atom is 0.244 e. The standard InChI is InChI=1S/C12H16F2N2O2S/c13-9-3-4-11(10(14)7-9)19(17,18)16-12(8-15)5-1-2-6-12/h3-4,7,16H,1-2,5-6,8,15H2. The topological polar surface area (TPSA) is 72.2 Å². The average Bonchev–Trinajstić information content (AvgIpc) is 2.77. The van der Waals surface area contributed by atoms with Gasteiger partial charge in [0.15, 0.2) is 0 Å². The monoisotopic (exact) mass is 290 g/mol. The molecule has 0 amide bonds. The zero-order valence-corrected chi connectivity index (χ0v) is 11.1. The molecule has 4 nitrogen and oxygen atoms in total. The third-order valence-electron chi connectivity index (χ3n) is 3.49. The normalized spacial score (nSPS) is 18.7. The summed E-state index contributed by atoms with van der Waals surface area (Å²) in [6, 6.07) is 2.39. The lowest BCUT2D eigenvalue weighted by atomic mass is 10.0. The van der Waals surface area contributed by atoms with Gasteiger partial charge in [0.2, 0.25) is 10.0 Å². The van der Waals surface area contributed by atoms with Crippen LogP contribution in [0.15, 0.2) is 23.1 Å². The molecule has 0 aliphatic heterocycles. The molecule has 106 valence electrons. The van der Waals surface area contributed by atoms with Crippen LogP contribution < -0.4 is 10.5 Å². The van der Waals surface area contributed by atoms with Crippen LogP contribution >= 0.6 is 0 Å². The average molecular weight is 290 g/mol. The van der Waals surface area contributed by atoms with Crippen molar-refractivity contribution < 1.29 is 17.2 Å². The van der Waals surface area contributed by atoms with Gasteiger partial charge in [-0.3, -0.25) is 0 Å². The maximum atomic E-state index is 13.6. The molecule has 1 saturated carbocycles. The van der Waals surface area contributed by atoms with E-state index < -0.39 is 32.1 Å². The van der Waals surface area contributed by atoms with E-state index in [0.717, 1.165) is 25.0 Å². The second-order valence-electron chi connectivity index (χ2n) is 4.87.